The van der Waals surface area contributed by atoms with Crippen molar-refractivity contribution in [3.63, 3.8) is 0 Å². The van der Waals surface area contributed by atoms with Gasteiger partial charge in [-0.3, -0.25) is 14.9 Å². The number of rotatable bonds is 6. The first kappa shape index (κ1) is 21.9. The van der Waals surface area contributed by atoms with Crippen molar-refractivity contribution in [2.24, 2.45) is 0 Å². The molecule has 1 aliphatic heterocycles. The lowest BCUT2D eigenvalue weighted by molar-refractivity contribution is -0.122. The van der Waals surface area contributed by atoms with Gasteiger partial charge in [-0.25, -0.2) is 9.69 Å². The summed E-state index contributed by atoms with van der Waals surface area (Å²) in [6.45, 7) is 4.51. The van der Waals surface area contributed by atoms with Crippen LogP contribution in [0.1, 0.15) is 19.4 Å². The van der Waals surface area contributed by atoms with Gasteiger partial charge in [0.15, 0.2) is 0 Å². The number of hydrogen-bond acceptors (Lipinski definition) is 5. The van der Waals surface area contributed by atoms with Gasteiger partial charge in [0, 0.05) is 16.7 Å². The van der Waals surface area contributed by atoms with Gasteiger partial charge < -0.3 is 9.47 Å². The van der Waals surface area contributed by atoms with Crippen LogP contribution >= 0.6 is 27.5 Å². The Morgan fingerprint density at radius 1 is 1.03 bits per heavy atom. The minimum Gasteiger partial charge on any atom is -0.493 e. The summed E-state index contributed by atoms with van der Waals surface area (Å²) in [5, 5.41) is 2.64. The van der Waals surface area contributed by atoms with Gasteiger partial charge in [-0.1, -0.05) is 11.6 Å². The van der Waals surface area contributed by atoms with Crippen LogP contribution in [0, 0.1) is 0 Å². The molecule has 1 aliphatic rings. The second kappa shape index (κ2) is 9.32. The SMILES string of the molecule is CCOc1cc(OCC)c(/C=C2\C(=O)NC(=O)N(c3ccc(Cl)cc3)C2=O)cc1Br. The van der Waals surface area contributed by atoms with Crippen molar-refractivity contribution in [3.8, 4) is 11.5 Å². The largest absolute Gasteiger partial charge is 0.493 e. The second-order valence-electron chi connectivity index (χ2n) is 6.12. The smallest absolute Gasteiger partial charge is 0.335 e. The van der Waals surface area contributed by atoms with E-state index in [0.717, 1.165) is 4.90 Å². The van der Waals surface area contributed by atoms with Crippen LogP contribution < -0.4 is 19.7 Å². The summed E-state index contributed by atoms with van der Waals surface area (Å²) in [5.41, 5.74) is 0.566. The quantitative estimate of drug-likeness (QED) is 0.471. The van der Waals surface area contributed by atoms with Gasteiger partial charge in [0.05, 0.1) is 23.4 Å². The van der Waals surface area contributed by atoms with Crippen molar-refractivity contribution < 1.29 is 23.9 Å². The Bertz CT molecular complexity index is 1040. The zero-order valence-corrected chi connectivity index (χ0v) is 18.5. The fourth-order valence-corrected chi connectivity index (χ4v) is 3.45. The van der Waals surface area contributed by atoms with E-state index >= 15 is 0 Å². The van der Waals surface area contributed by atoms with Gasteiger partial charge in [-0.15, -0.1) is 0 Å². The summed E-state index contributed by atoms with van der Waals surface area (Å²) in [6, 6.07) is 8.67. The van der Waals surface area contributed by atoms with E-state index < -0.39 is 17.8 Å². The average Bonchev–Trinajstić information content (AvgIpc) is 2.70. The maximum atomic E-state index is 13.0. The van der Waals surface area contributed by atoms with Gasteiger partial charge in [0.25, 0.3) is 11.8 Å². The molecule has 2 aromatic rings. The lowest BCUT2D eigenvalue weighted by atomic mass is 10.1. The predicted molar refractivity (Wildman–Crippen MR) is 117 cm³/mol. The highest BCUT2D eigenvalue weighted by molar-refractivity contribution is 9.10. The van der Waals surface area contributed by atoms with Crippen LogP contribution in [0.3, 0.4) is 0 Å². The van der Waals surface area contributed by atoms with Crippen LogP contribution in [0.15, 0.2) is 46.4 Å². The monoisotopic (exact) mass is 492 g/mol. The summed E-state index contributed by atoms with van der Waals surface area (Å²) >= 11 is 9.30. The summed E-state index contributed by atoms with van der Waals surface area (Å²) in [4.78, 5) is 38.6. The molecule has 1 heterocycles. The number of benzene rings is 2. The molecule has 7 nitrogen and oxygen atoms in total. The third-order valence-electron chi connectivity index (χ3n) is 4.15. The van der Waals surface area contributed by atoms with E-state index in [1.165, 1.54) is 18.2 Å². The Morgan fingerprint density at radius 3 is 2.30 bits per heavy atom. The van der Waals surface area contributed by atoms with E-state index in [9.17, 15) is 14.4 Å². The second-order valence-corrected chi connectivity index (χ2v) is 7.41. The number of carbonyl (C=O) groups excluding carboxylic acids is 3. The molecule has 0 spiro atoms. The fraction of sp³-hybridized carbons (Fsp3) is 0.190. The Labute approximate surface area is 186 Å². The highest BCUT2D eigenvalue weighted by Gasteiger charge is 2.37. The van der Waals surface area contributed by atoms with Crippen LogP contribution in [0.5, 0.6) is 11.5 Å². The summed E-state index contributed by atoms with van der Waals surface area (Å²) in [7, 11) is 0. The first-order valence-electron chi connectivity index (χ1n) is 9.11. The molecule has 30 heavy (non-hydrogen) atoms. The number of nitrogens with zero attached hydrogens (tertiary/aromatic N) is 1. The highest BCUT2D eigenvalue weighted by atomic mass is 79.9. The Balaban J connectivity index is 2.05. The summed E-state index contributed by atoms with van der Waals surface area (Å²) in [5.74, 6) is -0.533. The molecule has 3 rings (SSSR count). The minimum absolute atomic E-state index is 0.207. The molecule has 0 atom stereocenters. The maximum Gasteiger partial charge on any atom is 0.335 e. The molecule has 1 fully saturated rings. The van der Waals surface area contributed by atoms with E-state index in [2.05, 4.69) is 21.2 Å². The number of carbonyl (C=O) groups is 3. The molecule has 0 saturated carbocycles. The van der Waals surface area contributed by atoms with E-state index in [1.54, 1.807) is 24.3 Å². The molecule has 156 valence electrons. The van der Waals surface area contributed by atoms with Crippen molar-refractivity contribution in [1.29, 1.82) is 0 Å². The van der Waals surface area contributed by atoms with Crippen molar-refractivity contribution in [2.45, 2.75) is 13.8 Å². The number of ether oxygens (including phenoxy) is 2. The summed E-state index contributed by atoms with van der Waals surface area (Å²) in [6.07, 6.45) is 1.39. The predicted octanol–water partition coefficient (Wildman–Crippen LogP) is 4.57. The van der Waals surface area contributed by atoms with Gasteiger partial charge in [-0.05, 0) is 66.2 Å². The fourth-order valence-electron chi connectivity index (χ4n) is 2.85. The molecule has 1 saturated heterocycles. The third kappa shape index (κ3) is 4.49. The van der Waals surface area contributed by atoms with Crippen LogP contribution in [-0.2, 0) is 9.59 Å². The van der Waals surface area contributed by atoms with Crippen molar-refractivity contribution in [3.05, 3.63) is 57.0 Å². The molecule has 2 aromatic carbocycles. The Kier molecular flexibility index (Phi) is 6.79. The number of nitrogens with one attached hydrogen (secondary N) is 1. The first-order chi connectivity index (χ1) is 14.3. The van der Waals surface area contributed by atoms with E-state index in [1.807, 2.05) is 13.8 Å². The number of barbiturate groups is 1. The molecular formula is C21H18BrClN2O5. The molecule has 0 unspecified atom stereocenters. The third-order valence-corrected chi connectivity index (χ3v) is 5.02. The Hall–Kier alpha value is -2.84. The number of hydrogen-bond donors (Lipinski definition) is 1. The van der Waals surface area contributed by atoms with Gasteiger partial charge in [0.1, 0.15) is 17.1 Å². The van der Waals surface area contributed by atoms with Crippen molar-refractivity contribution in [1.82, 2.24) is 5.32 Å². The number of amides is 4. The van der Waals surface area contributed by atoms with E-state index in [0.29, 0.717) is 45.5 Å². The number of imide groups is 2. The number of anilines is 1. The zero-order chi connectivity index (χ0) is 21.8. The Morgan fingerprint density at radius 2 is 1.67 bits per heavy atom. The van der Waals surface area contributed by atoms with Gasteiger partial charge in [-0.2, -0.15) is 0 Å². The van der Waals surface area contributed by atoms with Crippen LogP contribution in [0.25, 0.3) is 6.08 Å². The van der Waals surface area contributed by atoms with E-state index in [-0.39, 0.29) is 5.57 Å². The number of urea groups is 1. The first-order valence-corrected chi connectivity index (χ1v) is 10.3. The zero-order valence-electron chi connectivity index (χ0n) is 16.2. The molecule has 0 aliphatic carbocycles. The van der Waals surface area contributed by atoms with Gasteiger partial charge in [0.2, 0.25) is 0 Å². The average molecular weight is 494 g/mol. The van der Waals surface area contributed by atoms with Crippen molar-refractivity contribution in [2.75, 3.05) is 18.1 Å². The van der Waals surface area contributed by atoms with Crippen LogP contribution in [0.4, 0.5) is 10.5 Å². The van der Waals surface area contributed by atoms with Crippen LogP contribution in [-0.4, -0.2) is 31.1 Å². The van der Waals surface area contributed by atoms with E-state index in [4.69, 9.17) is 21.1 Å². The summed E-state index contributed by atoms with van der Waals surface area (Å²) < 4.78 is 11.8. The van der Waals surface area contributed by atoms with Crippen LogP contribution in [0.2, 0.25) is 5.02 Å². The molecule has 0 radical (unpaired) electrons. The number of halogens is 2. The molecule has 9 heteroatoms. The van der Waals surface area contributed by atoms with Gasteiger partial charge >= 0.3 is 6.03 Å². The molecule has 0 bridgehead atoms. The maximum absolute atomic E-state index is 13.0. The molecule has 0 aromatic heterocycles. The molecule has 1 N–H and O–H groups in total. The highest BCUT2D eigenvalue weighted by Crippen LogP contribution is 2.35. The standard InChI is InChI=1S/C21H18BrClN2O5/c1-3-29-17-11-18(30-4-2)16(22)10-12(17)9-15-19(26)24-21(28)25(20(15)27)14-7-5-13(23)6-8-14/h5-11H,3-4H2,1-2H3,(H,24,26,28)/b15-9+. The minimum atomic E-state index is -0.831. The van der Waals surface area contributed by atoms with Crippen molar-refractivity contribution >= 4 is 57.1 Å². The lowest BCUT2D eigenvalue weighted by Gasteiger charge is -2.26. The normalized spacial score (nSPS) is 15.4. The molecule has 4 amide bonds. The molecular weight excluding hydrogens is 476 g/mol. The lowest BCUT2D eigenvalue weighted by Crippen LogP contribution is -2.54. The topological polar surface area (TPSA) is 84.9 Å².